The number of amides is 1. The summed E-state index contributed by atoms with van der Waals surface area (Å²) in [6, 6.07) is 8.44. The molecule has 23 heavy (non-hydrogen) atoms. The van der Waals surface area contributed by atoms with Crippen molar-refractivity contribution in [1.82, 2.24) is 4.90 Å². The lowest BCUT2D eigenvalue weighted by atomic mass is 10.00. The highest BCUT2D eigenvalue weighted by molar-refractivity contribution is 5.78. The van der Waals surface area contributed by atoms with Crippen LogP contribution in [0.1, 0.15) is 51.2 Å². The molecule has 0 saturated heterocycles. The van der Waals surface area contributed by atoms with Crippen LogP contribution in [0.3, 0.4) is 0 Å². The second-order valence-corrected chi connectivity index (χ2v) is 6.25. The third-order valence-corrected chi connectivity index (χ3v) is 4.11. The van der Waals surface area contributed by atoms with Gasteiger partial charge in [-0.1, -0.05) is 45.0 Å². The maximum absolute atomic E-state index is 12.3. The Kier molecular flexibility index (Phi) is 7.79. The third kappa shape index (κ3) is 6.05. The molecule has 0 aliphatic rings. The van der Waals surface area contributed by atoms with E-state index in [2.05, 4.69) is 38.1 Å². The quantitative estimate of drug-likeness (QED) is 0.690. The number of hydrogen-bond donors (Lipinski definition) is 0. The van der Waals surface area contributed by atoms with Gasteiger partial charge < -0.3 is 9.64 Å². The first-order valence-electron chi connectivity index (χ1n) is 8.33. The molecule has 4 heteroatoms. The zero-order valence-electron chi connectivity index (χ0n) is 15.0. The molecule has 1 aromatic rings. The van der Waals surface area contributed by atoms with Crippen molar-refractivity contribution in [3.63, 3.8) is 0 Å². The third-order valence-electron chi connectivity index (χ3n) is 4.11. The van der Waals surface area contributed by atoms with Gasteiger partial charge in [0, 0.05) is 19.5 Å². The predicted molar refractivity (Wildman–Crippen MR) is 92.3 cm³/mol. The molecular weight excluding hydrogens is 290 g/mol. The summed E-state index contributed by atoms with van der Waals surface area (Å²) in [6.07, 6.45) is 1.18. The van der Waals surface area contributed by atoms with E-state index in [4.69, 9.17) is 4.74 Å². The van der Waals surface area contributed by atoms with Gasteiger partial charge in [-0.15, -0.1) is 0 Å². The first kappa shape index (κ1) is 19.2. The molecule has 0 bridgehead atoms. The molecule has 0 N–H and O–H groups in total. The van der Waals surface area contributed by atoms with Gasteiger partial charge in [0.1, 0.15) is 0 Å². The lowest BCUT2D eigenvalue weighted by Gasteiger charge is -2.23. The molecule has 0 aliphatic heterocycles. The van der Waals surface area contributed by atoms with Crippen molar-refractivity contribution in [1.29, 1.82) is 0 Å². The minimum Gasteiger partial charge on any atom is -0.469 e. The maximum atomic E-state index is 12.3. The number of carbonyl (C=O) groups is 2. The summed E-state index contributed by atoms with van der Waals surface area (Å²) in [7, 11) is 1.37. The Labute approximate surface area is 139 Å². The van der Waals surface area contributed by atoms with Gasteiger partial charge in [-0.3, -0.25) is 9.59 Å². The molecule has 1 atom stereocenters. The largest absolute Gasteiger partial charge is 0.469 e. The lowest BCUT2D eigenvalue weighted by Crippen LogP contribution is -2.37. The molecule has 1 rings (SSSR count). The molecule has 1 unspecified atom stereocenters. The maximum Gasteiger partial charge on any atom is 0.310 e. The topological polar surface area (TPSA) is 46.6 Å². The van der Waals surface area contributed by atoms with Gasteiger partial charge in [-0.05, 0) is 30.4 Å². The molecular formula is C19H29NO3. The zero-order valence-corrected chi connectivity index (χ0v) is 15.0. The highest BCUT2D eigenvalue weighted by atomic mass is 16.5. The summed E-state index contributed by atoms with van der Waals surface area (Å²) in [4.78, 5) is 25.6. The van der Waals surface area contributed by atoms with Crippen LogP contribution >= 0.6 is 0 Å². The van der Waals surface area contributed by atoms with E-state index in [0.717, 1.165) is 6.42 Å². The Morgan fingerprint density at radius 1 is 1.13 bits per heavy atom. The Morgan fingerprint density at radius 3 is 2.22 bits per heavy atom. The van der Waals surface area contributed by atoms with Crippen LogP contribution < -0.4 is 0 Å². The van der Waals surface area contributed by atoms with Crippen LogP contribution in [0, 0.1) is 5.92 Å². The second-order valence-electron chi connectivity index (χ2n) is 6.25. The van der Waals surface area contributed by atoms with Gasteiger partial charge in [0.25, 0.3) is 0 Å². The van der Waals surface area contributed by atoms with E-state index in [0.29, 0.717) is 25.4 Å². The van der Waals surface area contributed by atoms with Gasteiger partial charge in [-0.25, -0.2) is 0 Å². The van der Waals surface area contributed by atoms with Gasteiger partial charge in [0.2, 0.25) is 5.91 Å². The fraction of sp³-hybridized carbons (Fsp3) is 0.579. The van der Waals surface area contributed by atoms with Crippen LogP contribution in [0.2, 0.25) is 0 Å². The molecule has 0 aromatic heterocycles. The minimum absolute atomic E-state index is 0.0798. The van der Waals surface area contributed by atoms with E-state index in [1.54, 1.807) is 11.8 Å². The normalized spacial score (nSPS) is 12.1. The Bertz CT molecular complexity index is 508. The Morgan fingerprint density at radius 2 is 1.74 bits per heavy atom. The second kappa shape index (κ2) is 9.33. The van der Waals surface area contributed by atoms with Crippen LogP contribution in [0.25, 0.3) is 0 Å². The van der Waals surface area contributed by atoms with Crippen LogP contribution in [0.15, 0.2) is 24.3 Å². The predicted octanol–water partition coefficient (Wildman–Crippen LogP) is 3.40. The number of nitrogens with zero attached hydrogens (tertiary/aromatic N) is 1. The number of carbonyl (C=O) groups excluding carboxylic acids is 2. The molecule has 128 valence electrons. The molecule has 0 spiro atoms. The summed E-state index contributed by atoms with van der Waals surface area (Å²) in [5.74, 6) is 0.0204. The molecule has 1 amide bonds. The fourth-order valence-corrected chi connectivity index (χ4v) is 2.49. The molecule has 0 saturated carbocycles. The Hall–Kier alpha value is -1.84. The summed E-state index contributed by atoms with van der Waals surface area (Å²) in [5.41, 5.74) is 2.47. The average molecular weight is 319 g/mol. The molecule has 0 fully saturated rings. The van der Waals surface area contributed by atoms with Gasteiger partial charge in [0.05, 0.1) is 13.0 Å². The highest BCUT2D eigenvalue weighted by Gasteiger charge is 2.20. The number of hydrogen-bond acceptors (Lipinski definition) is 3. The number of ether oxygens (including phenoxy) is 1. The van der Waals surface area contributed by atoms with Crippen molar-refractivity contribution < 1.29 is 14.3 Å². The number of esters is 1. The van der Waals surface area contributed by atoms with Crippen LogP contribution in [0.4, 0.5) is 0 Å². The van der Waals surface area contributed by atoms with E-state index in [1.165, 1.54) is 18.2 Å². The summed E-state index contributed by atoms with van der Waals surface area (Å²) in [5, 5.41) is 0. The lowest BCUT2D eigenvalue weighted by molar-refractivity contribution is -0.146. The fourth-order valence-electron chi connectivity index (χ4n) is 2.49. The standard InChI is InChI=1S/C19H29NO3/c1-6-20(13-15(4)19(22)23-5)18(21)12-9-16-7-10-17(11-8-16)14(2)3/h7-8,10-11,14-15H,6,9,12-13H2,1-5H3. The van der Waals surface area contributed by atoms with Crippen LogP contribution in [-0.2, 0) is 20.7 Å². The zero-order chi connectivity index (χ0) is 17.4. The van der Waals surface area contributed by atoms with Gasteiger partial charge in [-0.2, -0.15) is 0 Å². The van der Waals surface area contributed by atoms with E-state index < -0.39 is 0 Å². The number of aryl methyl sites for hydroxylation is 1. The summed E-state index contributed by atoms with van der Waals surface area (Å²) < 4.78 is 4.72. The summed E-state index contributed by atoms with van der Waals surface area (Å²) >= 11 is 0. The smallest absolute Gasteiger partial charge is 0.310 e. The molecule has 0 aliphatic carbocycles. The first-order valence-corrected chi connectivity index (χ1v) is 8.33. The number of benzene rings is 1. The van der Waals surface area contributed by atoms with E-state index in [9.17, 15) is 9.59 Å². The number of rotatable bonds is 8. The van der Waals surface area contributed by atoms with Gasteiger partial charge >= 0.3 is 5.97 Å². The average Bonchev–Trinajstić information content (AvgIpc) is 2.56. The van der Waals surface area contributed by atoms with Crippen molar-refractivity contribution in [2.75, 3.05) is 20.2 Å². The molecule has 1 aromatic carbocycles. The molecule has 0 heterocycles. The van der Waals surface area contributed by atoms with Gasteiger partial charge in [0.15, 0.2) is 0 Å². The minimum atomic E-state index is -0.297. The van der Waals surface area contributed by atoms with Crippen molar-refractivity contribution in [2.24, 2.45) is 5.92 Å². The SMILES string of the molecule is CCN(CC(C)C(=O)OC)C(=O)CCc1ccc(C(C)C)cc1. The monoisotopic (exact) mass is 319 g/mol. The van der Waals surface area contributed by atoms with Crippen molar-refractivity contribution in [2.45, 2.75) is 46.5 Å². The van der Waals surface area contributed by atoms with E-state index in [1.807, 2.05) is 6.92 Å². The van der Waals surface area contributed by atoms with Crippen molar-refractivity contribution in [3.8, 4) is 0 Å². The molecule has 0 radical (unpaired) electrons. The highest BCUT2D eigenvalue weighted by Crippen LogP contribution is 2.16. The van der Waals surface area contributed by atoms with Crippen molar-refractivity contribution in [3.05, 3.63) is 35.4 Å². The van der Waals surface area contributed by atoms with Crippen LogP contribution in [-0.4, -0.2) is 37.0 Å². The number of methoxy groups -OCH3 is 1. The summed E-state index contributed by atoms with van der Waals surface area (Å²) in [6.45, 7) is 9.06. The van der Waals surface area contributed by atoms with E-state index in [-0.39, 0.29) is 17.8 Å². The first-order chi connectivity index (χ1) is 10.9. The van der Waals surface area contributed by atoms with E-state index >= 15 is 0 Å². The van der Waals surface area contributed by atoms with Crippen molar-refractivity contribution >= 4 is 11.9 Å². The van der Waals surface area contributed by atoms with Crippen LogP contribution in [0.5, 0.6) is 0 Å². The molecule has 4 nitrogen and oxygen atoms in total. The Balaban J connectivity index is 2.54.